The van der Waals surface area contributed by atoms with Gasteiger partial charge in [-0.15, -0.1) is 0 Å². The van der Waals surface area contributed by atoms with Crippen LogP contribution in [0.2, 0.25) is 0 Å². The largest absolute Gasteiger partial charge is 0.355 e. The van der Waals surface area contributed by atoms with E-state index in [4.69, 9.17) is 0 Å². The lowest BCUT2D eigenvalue weighted by Crippen LogP contribution is -2.40. The zero-order valence-electron chi connectivity index (χ0n) is 13.4. The van der Waals surface area contributed by atoms with Crippen molar-refractivity contribution in [1.29, 1.82) is 0 Å². The Morgan fingerprint density at radius 3 is 1.76 bits per heavy atom. The minimum Gasteiger partial charge on any atom is -0.355 e. The van der Waals surface area contributed by atoms with E-state index in [1.165, 1.54) is 0 Å². The third kappa shape index (κ3) is 10.3. The predicted molar refractivity (Wildman–Crippen MR) is 77.0 cm³/mol. The van der Waals surface area contributed by atoms with E-state index in [9.17, 15) is 4.79 Å². The number of carbonyl (C=O) groups is 1. The van der Waals surface area contributed by atoms with Crippen molar-refractivity contribution >= 4 is 5.91 Å². The van der Waals surface area contributed by atoms with Crippen LogP contribution in [0.3, 0.4) is 0 Å². The van der Waals surface area contributed by atoms with Crippen LogP contribution in [0.25, 0.3) is 0 Å². The van der Waals surface area contributed by atoms with Gasteiger partial charge in [0.15, 0.2) is 0 Å². The summed E-state index contributed by atoms with van der Waals surface area (Å²) < 4.78 is 0. The monoisotopic (exact) mass is 243 g/mol. The highest BCUT2D eigenvalue weighted by molar-refractivity contribution is 5.81. The van der Waals surface area contributed by atoms with Crippen molar-refractivity contribution in [1.82, 2.24) is 5.32 Å². The van der Waals surface area contributed by atoms with Crippen molar-refractivity contribution in [2.45, 2.75) is 68.7 Å². The molecule has 0 heterocycles. The van der Waals surface area contributed by atoms with Crippen LogP contribution in [0.1, 0.15) is 68.7 Å². The maximum absolute atomic E-state index is 11.9. The molecule has 0 saturated carbocycles. The maximum atomic E-state index is 11.9. The van der Waals surface area contributed by atoms with Gasteiger partial charge in [-0.3, -0.25) is 4.79 Å². The Bertz CT molecular complexity index is 211. The third-order valence-corrected chi connectivity index (χ3v) is 2.26. The highest BCUT2D eigenvalue weighted by Gasteiger charge is 2.32. The average molecular weight is 243 g/mol. The van der Waals surface area contributed by atoms with E-state index >= 15 is 0 Å². The van der Waals surface area contributed by atoms with E-state index < -0.39 is 0 Å². The summed E-state index contributed by atoms with van der Waals surface area (Å²) >= 11 is 0. The van der Waals surface area contributed by atoms with Gasteiger partial charge in [-0.05, 0) is 17.8 Å². The number of amides is 1. The molecule has 0 unspecified atom stereocenters. The molecule has 0 fully saturated rings. The summed E-state index contributed by atoms with van der Waals surface area (Å²) in [6.07, 6.45) is 0.907. The van der Waals surface area contributed by atoms with E-state index in [1.807, 2.05) is 27.7 Å². The SMILES string of the molecule is CC.CC(C)CNC(=O)C(C)(C)CC(C)(C)C. The smallest absolute Gasteiger partial charge is 0.225 e. The van der Waals surface area contributed by atoms with Gasteiger partial charge in [-0.25, -0.2) is 0 Å². The van der Waals surface area contributed by atoms with Crippen molar-refractivity contribution in [3.63, 3.8) is 0 Å². The highest BCUT2D eigenvalue weighted by atomic mass is 16.2. The van der Waals surface area contributed by atoms with Gasteiger partial charge in [0, 0.05) is 12.0 Å². The molecule has 0 rings (SSSR count). The molecule has 2 heteroatoms. The van der Waals surface area contributed by atoms with Crippen LogP contribution in [0.4, 0.5) is 0 Å². The maximum Gasteiger partial charge on any atom is 0.225 e. The Morgan fingerprint density at radius 1 is 1.06 bits per heavy atom. The number of nitrogens with one attached hydrogen (secondary N) is 1. The molecule has 0 aromatic rings. The van der Waals surface area contributed by atoms with Crippen molar-refractivity contribution in [2.24, 2.45) is 16.7 Å². The van der Waals surface area contributed by atoms with E-state index in [0.717, 1.165) is 13.0 Å². The lowest BCUT2D eigenvalue weighted by Gasteiger charge is -2.31. The van der Waals surface area contributed by atoms with Gasteiger partial charge >= 0.3 is 0 Å². The van der Waals surface area contributed by atoms with Crippen LogP contribution >= 0.6 is 0 Å². The summed E-state index contributed by atoms with van der Waals surface area (Å²) in [6, 6.07) is 0. The van der Waals surface area contributed by atoms with Crippen LogP contribution in [-0.4, -0.2) is 12.5 Å². The van der Waals surface area contributed by atoms with Gasteiger partial charge < -0.3 is 5.32 Å². The second-order valence-electron chi connectivity index (χ2n) is 6.73. The summed E-state index contributed by atoms with van der Waals surface area (Å²) in [7, 11) is 0. The first-order chi connectivity index (χ1) is 7.54. The van der Waals surface area contributed by atoms with Gasteiger partial charge in [0.25, 0.3) is 0 Å². The number of rotatable bonds is 4. The molecule has 0 aliphatic heterocycles. The summed E-state index contributed by atoms with van der Waals surface area (Å²) in [5.74, 6) is 0.686. The molecular formula is C15H33NO. The second kappa shape index (κ2) is 7.73. The topological polar surface area (TPSA) is 29.1 Å². The molecule has 1 amide bonds. The van der Waals surface area contributed by atoms with Crippen molar-refractivity contribution in [3.8, 4) is 0 Å². The fourth-order valence-electron chi connectivity index (χ4n) is 1.94. The van der Waals surface area contributed by atoms with Crippen LogP contribution in [0.15, 0.2) is 0 Å². The van der Waals surface area contributed by atoms with E-state index in [-0.39, 0.29) is 16.7 Å². The molecule has 0 bridgehead atoms. The van der Waals surface area contributed by atoms with E-state index in [1.54, 1.807) is 0 Å². The van der Waals surface area contributed by atoms with Gasteiger partial charge in [-0.2, -0.15) is 0 Å². The molecule has 0 aromatic heterocycles. The van der Waals surface area contributed by atoms with Crippen molar-refractivity contribution < 1.29 is 4.79 Å². The molecule has 0 atom stereocenters. The summed E-state index contributed by atoms with van der Waals surface area (Å²) in [5.41, 5.74) is -0.0776. The van der Waals surface area contributed by atoms with Crippen molar-refractivity contribution in [3.05, 3.63) is 0 Å². The standard InChI is InChI=1S/C13H27NO.C2H6/c1-10(2)8-14-11(15)13(6,7)9-12(3,4)5;1-2/h10H,8-9H2,1-7H3,(H,14,15);1-2H3. The summed E-state index contributed by atoms with van der Waals surface area (Å²) in [6.45, 7) is 19.5. The lowest BCUT2D eigenvalue weighted by molar-refractivity contribution is -0.131. The Balaban J connectivity index is 0. The molecular weight excluding hydrogens is 210 g/mol. The highest BCUT2D eigenvalue weighted by Crippen LogP contribution is 2.33. The van der Waals surface area contributed by atoms with Gasteiger partial charge in [-0.1, -0.05) is 62.3 Å². The minimum atomic E-state index is -0.271. The lowest BCUT2D eigenvalue weighted by atomic mass is 9.75. The zero-order valence-corrected chi connectivity index (χ0v) is 13.4. The molecule has 2 nitrogen and oxygen atoms in total. The first-order valence-corrected chi connectivity index (χ1v) is 6.83. The molecule has 0 aromatic carbocycles. The van der Waals surface area contributed by atoms with Crippen molar-refractivity contribution in [2.75, 3.05) is 6.54 Å². The third-order valence-electron chi connectivity index (χ3n) is 2.26. The molecule has 0 aliphatic carbocycles. The Kier molecular flexibility index (Phi) is 8.56. The van der Waals surface area contributed by atoms with E-state index in [0.29, 0.717) is 5.92 Å². The zero-order chi connectivity index (χ0) is 14.3. The number of hydrogen-bond donors (Lipinski definition) is 1. The molecule has 0 aliphatic rings. The molecule has 0 spiro atoms. The summed E-state index contributed by atoms with van der Waals surface area (Å²) in [5, 5.41) is 3.01. The Morgan fingerprint density at radius 2 is 1.47 bits per heavy atom. The minimum absolute atomic E-state index is 0.172. The molecule has 0 radical (unpaired) electrons. The number of hydrogen-bond acceptors (Lipinski definition) is 1. The summed E-state index contributed by atoms with van der Waals surface area (Å²) in [4.78, 5) is 11.9. The van der Waals surface area contributed by atoms with E-state index in [2.05, 4.69) is 39.9 Å². The average Bonchev–Trinajstić information content (AvgIpc) is 2.13. The molecule has 17 heavy (non-hydrogen) atoms. The van der Waals surface area contributed by atoms with Crippen LogP contribution in [0, 0.1) is 16.7 Å². The van der Waals surface area contributed by atoms with Gasteiger partial charge in [0.2, 0.25) is 5.91 Å². The van der Waals surface area contributed by atoms with Crippen LogP contribution in [0.5, 0.6) is 0 Å². The first kappa shape index (κ1) is 18.8. The van der Waals surface area contributed by atoms with Gasteiger partial charge in [0.05, 0.1) is 0 Å². The second-order valence-corrected chi connectivity index (χ2v) is 6.73. The first-order valence-electron chi connectivity index (χ1n) is 6.83. The Labute approximate surface area is 109 Å². The van der Waals surface area contributed by atoms with Gasteiger partial charge in [0.1, 0.15) is 0 Å². The van der Waals surface area contributed by atoms with Crippen LogP contribution < -0.4 is 5.32 Å². The predicted octanol–water partition coefficient (Wildman–Crippen LogP) is 4.25. The quantitative estimate of drug-likeness (QED) is 0.786. The molecule has 104 valence electrons. The fourth-order valence-corrected chi connectivity index (χ4v) is 1.94. The normalized spacial score (nSPS) is 11.9. The Hall–Kier alpha value is -0.530. The fraction of sp³-hybridized carbons (Fsp3) is 0.933. The molecule has 0 saturated heterocycles. The van der Waals surface area contributed by atoms with Crippen LogP contribution in [-0.2, 0) is 4.79 Å². The molecule has 1 N–H and O–H groups in total. The number of carbonyl (C=O) groups excluding carboxylic acids is 1.